The molecule has 0 unspecified atom stereocenters. The Morgan fingerprint density at radius 1 is 1.41 bits per heavy atom. The third kappa shape index (κ3) is 2.06. The van der Waals surface area contributed by atoms with Gasteiger partial charge in [0.1, 0.15) is 11.5 Å². The molecular formula is C12H13ClFN3. The van der Waals surface area contributed by atoms with Crippen molar-refractivity contribution < 1.29 is 4.39 Å². The van der Waals surface area contributed by atoms with Gasteiger partial charge in [0.25, 0.3) is 0 Å². The quantitative estimate of drug-likeness (QED) is 0.894. The lowest BCUT2D eigenvalue weighted by Gasteiger charge is -2.07. The molecule has 3 nitrogen and oxygen atoms in total. The van der Waals surface area contributed by atoms with Crippen molar-refractivity contribution in [1.29, 1.82) is 0 Å². The van der Waals surface area contributed by atoms with Gasteiger partial charge in [-0.05, 0) is 31.5 Å². The Hall–Kier alpha value is -1.39. The van der Waals surface area contributed by atoms with Crippen molar-refractivity contribution in [3.63, 3.8) is 0 Å². The fraction of sp³-hybridized carbons (Fsp3) is 0.250. The van der Waals surface area contributed by atoms with Crippen molar-refractivity contribution in [3.8, 4) is 5.69 Å². The lowest BCUT2D eigenvalue weighted by molar-refractivity contribution is 0.606. The number of hydrogen-bond acceptors (Lipinski definition) is 2. The largest absolute Gasteiger partial charge is 0.326 e. The molecule has 0 fully saturated rings. The van der Waals surface area contributed by atoms with Crippen LogP contribution in [0.4, 0.5) is 4.39 Å². The first-order chi connectivity index (χ1) is 8.04. The van der Waals surface area contributed by atoms with E-state index in [0.29, 0.717) is 22.9 Å². The van der Waals surface area contributed by atoms with Crippen LogP contribution in [-0.2, 0) is 6.54 Å². The highest BCUT2D eigenvalue weighted by Crippen LogP contribution is 2.24. The highest BCUT2D eigenvalue weighted by Gasteiger charge is 2.13. The Labute approximate surface area is 104 Å². The molecule has 0 atom stereocenters. The van der Waals surface area contributed by atoms with E-state index in [0.717, 1.165) is 11.3 Å². The van der Waals surface area contributed by atoms with E-state index in [1.165, 1.54) is 10.7 Å². The van der Waals surface area contributed by atoms with Gasteiger partial charge in [0.2, 0.25) is 0 Å². The maximum Gasteiger partial charge on any atom is 0.149 e. The van der Waals surface area contributed by atoms with Crippen LogP contribution < -0.4 is 5.73 Å². The van der Waals surface area contributed by atoms with E-state index >= 15 is 0 Å². The normalized spacial score (nSPS) is 10.9. The van der Waals surface area contributed by atoms with Crippen molar-refractivity contribution >= 4 is 11.6 Å². The Bertz CT molecular complexity index is 563. The molecule has 2 aromatic rings. The number of aromatic nitrogens is 2. The van der Waals surface area contributed by atoms with Gasteiger partial charge in [0, 0.05) is 6.54 Å². The summed E-state index contributed by atoms with van der Waals surface area (Å²) in [5.41, 5.74) is 8.00. The highest BCUT2D eigenvalue weighted by atomic mass is 35.5. The highest BCUT2D eigenvalue weighted by molar-refractivity contribution is 6.31. The zero-order valence-electron chi connectivity index (χ0n) is 9.67. The van der Waals surface area contributed by atoms with E-state index in [4.69, 9.17) is 17.3 Å². The Balaban J connectivity index is 2.57. The van der Waals surface area contributed by atoms with Crippen molar-refractivity contribution in [3.05, 3.63) is 46.0 Å². The summed E-state index contributed by atoms with van der Waals surface area (Å²) in [5, 5.41) is 4.77. The second-order valence-corrected chi connectivity index (χ2v) is 4.26. The van der Waals surface area contributed by atoms with Gasteiger partial charge in [-0.1, -0.05) is 17.7 Å². The lowest BCUT2D eigenvalue weighted by atomic mass is 10.2. The van der Waals surface area contributed by atoms with Gasteiger partial charge in [-0.15, -0.1) is 0 Å². The molecule has 2 N–H and O–H groups in total. The fourth-order valence-electron chi connectivity index (χ4n) is 1.71. The third-order valence-corrected chi connectivity index (χ3v) is 3.23. The van der Waals surface area contributed by atoms with E-state index in [1.54, 1.807) is 26.0 Å². The van der Waals surface area contributed by atoms with Gasteiger partial charge in [0.05, 0.1) is 16.4 Å². The first-order valence-corrected chi connectivity index (χ1v) is 5.63. The molecule has 1 heterocycles. The van der Waals surface area contributed by atoms with Gasteiger partial charge in [-0.3, -0.25) is 0 Å². The van der Waals surface area contributed by atoms with E-state index in [1.807, 2.05) is 0 Å². The zero-order valence-corrected chi connectivity index (χ0v) is 10.4. The molecule has 0 saturated heterocycles. The first-order valence-electron chi connectivity index (χ1n) is 5.25. The molecule has 17 heavy (non-hydrogen) atoms. The number of rotatable bonds is 2. The molecule has 1 aromatic heterocycles. The van der Waals surface area contributed by atoms with Crippen LogP contribution in [0.3, 0.4) is 0 Å². The van der Waals surface area contributed by atoms with Gasteiger partial charge in [0.15, 0.2) is 0 Å². The first kappa shape index (κ1) is 12.1. The molecule has 5 heteroatoms. The number of halogens is 2. The smallest absolute Gasteiger partial charge is 0.149 e. The number of nitrogens with zero attached hydrogens (tertiary/aromatic N) is 2. The Morgan fingerprint density at radius 2 is 2.12 bits per heavy atom. The standard InChI is InChI=1S/C12H13ClFN3/c1-7-12(13)8(2)17(16-7)11-4-3-9(6-15)5-10(11)14/h3-5H,6,15H2,1-2H3. The van der Waals surface area contributed by atoms with Crippen molar-refractivity contribution in [2.24, 2.45) is 5.73 Å². The average Bonchev–Trinajstić information content (AvgIpc) is 2.57. The molecule has 90 valence electrons. The van der Waals surface area contributed by atoms with E-state index in [9.17, 15) is 4.39 Å². The number of hydrogen-bond donors (Lipinski definition) is 1. The summed E-state index contributed by atoms with van der Waals surface area (Å²) < 4.78 is 15.4. The molecule has 0 saturated carbocycles. The lowest BCUT2D eigenvalue weighted by Crippen LogP contribution is -2.04. The van der Waals surface area contributed by atoms with E-state index in [-0.39, 0.29) is 5.82 Å². The summed E-state index contributed by atoms with van der Waals surface area (Å²) in [4.78, 5) is 0. The number of nitrogens with two attached hydrogens (primary N) is 1. The molecule has 0 radical (unpaired) electrons. The van der Waals surface area contributed by atoms with Gasteiger partial charge >= 0.3 is 0 Å². The van der Waals surface area contributed by atoms with Gasteiger partial charge < -0.3 is 5.73 Å². The molecular weight excluding hydrogens is 241 g/mol. The second kappa shape index (κ2) is 4.47. The van der Waals surface area contributed by atoms with Crippen LogP contribution in [0, 0.1) is 19.7 Å². The van der Waals surface area contributed by atoms with Crippen LogP contribution in [0.25, 0.3) is 5.69 Å². The molecule has 0 bridgehead atoms. The van der Waals surface area contributed by atoms with Crippen molar-refractivity contribution in [2.45, 2.75) is 20.4 Å². The minimum Gasteiger partial charge on any atom is -0.326 e. The van der Waals surface area contributed by atoms with Crippen LogP contribution in [0.15, 0.2) is 18.2 Å². The molecule has 0 aliphatic heterocycles. The molecule has 1 aromatic carbocycles. The maximum atomic E-state index is 13.9. The monoisotopic (exact) mass is 253 g/mol. The van der Waals surface area contributed by atoms with Crippen LogP contribution in [0.5, 0.6) is 0 Å². The predicted octanol–water partition coefficient (Wildman–Crippen LogP) is 2.74. The number of benzene rings is 1. The van der Waals surface area contributed by atoms with Crippen LogP contribution in [0.2, 0.25) is 5.02 Å². The molecule has 2 rings (SSSR count). The Kier molecular flexibility index (Phi) is 3.17. The third-order valence-electron chi connectivity index (χ3n) is 2.68. The SMILES string of the molecule is Cc1nn(-c2ccc(CN)cc2F)c(C)c1Cl. The topological polar surface area (TPSA) is 43.8 Å². The van der Waals surface area contributed by atoms with Crippen molar-refractivity contribution in [1.82, 2.24) is 9.78 Å². The van der Waals surface area contributed by atoms with Crippen molar-refractivity contribution in [2.75, 3.05) is 0 Å². The summed E-state index contributed by atoms with van der Waals surface area (Å²) in [6.07, 6.45) is 0. The van der Waals surface area contributed by atoms with Crippen LogP contribution in [0.1, 0.15) is 17.0 Å². The summed E-state index contributed by atoms with van der Waals surface area (Å²) in [7, 11) is 0. The summed E-state index contributed by atoms with van der Waals surface area (Å²) >= 11 is 6.03. The summed E-state index contributed by atoms with van der Waals surface area (Å²) in [6.45, 7) is 3.91. The molecule has 0 aliphatic carbocycles. The van der Waals surface area contributed by atoms with Crippen LogP contribution >= 0.6 is 11.6 Å². The average molecular weight is 254 g/mol. The predicted molar refractivity (Wildman–Crippen MR) is 65.9 cm³/mol. The van der Waals surface area contributed by atoms with E-state index < -0.39 is 0 Å². The Morgan fingerprint density at radius 3 is 2.59 bits per heavy atom. The molecule has 0 aliphatic rings. The molecule has 0 spiro atoms. The fourth-order valence-corrected chi connectivity index (χ4v) is 1.83. The summed E-state index contributed by atoms with van der Waals surface area (Å²) in [5.74, 6) is -0.352. The van der Waals surface area contributed by atoms with Gasteiger partial charge in [-0.2, -0.15) is 5.10 Å². The maximum absolute atomic E-state index is 13.9. The van der Waals surface area contributed by atoms with Gasteiger partial charge in [-0.25, -0.2) is 9.07 Å². The minimum absolute atomic E-state index is 0.315. The second-order valence-electron chi connectivity index (χ2n) is 3.89. The zero-order chi connectivity index (χ0) is 12.6. The van der Waals surface area contributed by atoms with E-state index in [2.05, 4.69) is 5.10 Å². The summed E-state index contributed by atoms with van der Waals surface area (Å²) in [6, 6.07) is 4.86. The minimum atomic E-state index is -0.352. The number of aryl methyl sites for hydroxylation is 1. The molecule has 0 amide bonds. The van der Waals surface area contributed by atoms with Crippen LogP contribution in [-0.4, -0.2) is 9.78 Å².